The number of carbonyl (C=O) groups excluding carboxylic acids is 16. The Kier molecular flexibility index (Phi) is 50.4. The van der Waals surface area contributed by atoms with Crippen LogP contribution >= 0.6 is 11.8 Å². The Labute approximate surface area is 771 Å². The highest BCUT2D eigenvalue weighted by Gasteiger charge is 2.41. The largest absolute Gasteiger partial charge is 0.508 e. The summed E-state index contributed by atoms with van der Waals surface area (Å²) >= 11 is 0.990. The number of phenols is 2. The number of nitrogens with one attached hydrogen (secondary N) is 7. The van der Waals surface area contributed by atoms with Crippen molar-refractivity contribution in [2.75, 3.05) is 58.0 Å². The summed E-state index contributed by atoms with van der Waals surface area (Å²) in [4.78, 5) is 261. The van der Waals surface area contributed by atoms with Gasteiger partial charge < -0.3 is 98.5 Å². The van der Waals surface area contributed by atoms with Gasteiger partial charge in [-0.25, -0.2) is 0 Å². The molecule has 0 saturated carbocycles. The van der Waals surface area contributed by atoms with E-state index in [1.54, 1.807) is 69.9 Å². The van der Waals surface area contributed by atoms with E-state index >= 15 is 0 Å². The van der Waals surface area contributed by atoms with Gasteiger partial charge in [0.15, 0.2) is 34.7 Å². The van der Waals surface area contributed by atoms with E-state index in [-0.39, 0.29) is 103 Å². The fourth-order valence-electron chi connectivity index (χ4n) is 15.1. The molecule has 38 nitrogen and oxygen atoms in total. The van der Waals surface area contributed by atoms with Crippen LogP contribution in [0.3, 0.4) is 0 Å². The van der Waals surface area contributed by atoms with Crippen LogP contribution in [0, 0.1) is 53.3 Å². The second kappa shape index (κ2) is 58.7. The van der Waals surface area contributed by atoms with Gasteiger partial charge in [0.25, 0.3) is 0 Å². The number of thioether (sulfide) groups is 1. The van der Waals surface area contributed by atoms with Crippen molar-refractivity contribution in [3.8, 4) is 11.5 Å². The number of phenolic OH excluding ortho intramolecular Hbond substituents is 2. The van der Waals surface area contributed by atoms with Gasteiger partial charge >= 0.3 is 17.9 Å². The quantitative estimate of drug-likeness (QED) is 0.0361. The van der Waals surface area contributed by atoms with Gasteiger partial charge in [-0.2, -0.15) is 0 Å². The van der Waals surface area contributed by atoms with Crippen LogP contribution in [0.2, 0.25) is 0 Å². The first-order valence-corrected chi connectivity index (χ1v) is 45.7. The van der Waals surface area contributed by atoms with Crippen LogP contribution in [-0.4, -0.2) is 275 Å². The van der Waals surface area contributed by atoms with E-state index in [0.717, 1.165) is 25.6 Å². The molecule has 0 unspecified atom stereocenters. The summed E-state index contributed by atoms with van der Waals surface area (Å²) in [5, 5.41) is 111. The third-order valence-electron chi connectivity index (χ3n) is 23.1. The Morgan fingerprint density at radius 2 is 0.947 bits per heavy atom. The maximum absolute atomic E-state index is 14.9. The van der Waals surface area contributed by atoms with E-state index in [4.69, 9.17) is 10.5 Å². The number of aliphatic carboxylic acids is 3. The number of amides is 8. The number of carboxylic acids is 3. The first-order valence-electron chi connectivity index (χ1n) is 44.6. The number of aliphatic hydroxyl groups excluding tert-OH is 4. The molecular weight excluding hydrogens is 1740 g/mol. The first kappa shape index (κ1) is 113. The standard InChI is InChI=1S/C93H133N9O29S/c1-9-53(4)86(81(116)39-61(33-58-20-25-65(107)26-21-58)89(126)97-73(32-52(2)3)77(112)37-62(41-84(120)121)88(125)96-54(5)16-13-14-30-94)101-91(128)64(48-103)40-78(113)74(35-59-22-27-66(108)28-23-59)98-90(127)63(42-85(122)123)38-79(114)76(49-104)100-93(130)72(56(7)106)45-80(115)75(34-57-17-11-10-12-18-57)99-92(129)71(55(6)105)43-68(110)46-95-87(124)60(24-29-83(118)119)36-69(111)51-132-50-67(109)19-15-31-102-47-70(131-8)44-82(102)117/h10-12,17-18,20-23,25-28,52-56,60-64,70-76,86,103-108H,9,13-16,19,24,29-51,94H2,1-8H3,(H,95,124)(H,96,125)(H,97,126)(H,98,127)(H,99,129)(H,100,130)(H,101,128)(H,118,119)(H,120,121)(H,122,123)/t53-,54+,55+,56+,60+,61+,62-,63-,64-,70-,71-,72-,73-,74-,75-,76-,86-/m0/s1. The monoisotopic (exact) mass is 1870 g/mol. The van der Waals surface area contributed by atoms with Crippen LogP contribution in [0.25, 0.3) is 0 Å². The molecule has 3 aromatic rings. The number of Topliss-reactive ketones (excluding diaryl/α,β-unsaturated/α-hetero) is 8. The van der Waals surface area contributed by atoms with Crippen molar-refractivity contribution in [1.29, 1.82) is 0 Å². The number of hydrogen-bond acceptors (Lipinski definition) is 28. The van der Waals surface area contributed by atoms with E-state index in [1.807, 2.05) is 0 Å². The molecule has 0 bridgehead atoms. The van der Waals surface area contributed by atoms with Crippen molar-refractivity contribution in [2.24, 2.45) is 59.0 Å². The molecule has 0 spiro atoms. The van der Waals surface area contributed by atoms with E-state index in [0.29, 0.717) is 56.4 Å². The second-order valence-corrected chi connectivity index (χ2v) is 35.6. The SMILES string of the molecule is CC[C@H](C)[C@H](NC(=O)[C@H](CO)CC(=O)[C@H](Cc1ccc(O)cc1)NC(=O)[C@H](CC(=O)O)CC(=O)[C@H](CO)NC(=O)[C@@H](CC(=O)[C@H](Cc1ccccc1)NC(=O)[C@@H](CC(=O)CNC(=O)[C@H](CCC(=O)O)CC(=O)CSCC(=O)CCCN1C[C@@H](OC)CC1=O)[C@@H](C)O)[C@@H](C)O)C(=O)C[C@@H](Cc1ccc(O)cc1)C(=O)N[C@@H](CC(C)C)C(=O)C[C@@H](CC(=O)O)C(=O)N[C@H](C)CCCCN. The topological polar surface area (TPSA) is 629 Å². The lowest BCUT2D eigenvalue weighted by Crippen LogP contribution is -2.52. The van der Waals surface area contributed by atoms with Gasteiger partial charge in [-0.05, 0) is 131 Å². The number of carboxylic acid groups (broad SMARTS) is 3. The summed E-state index contributed by atoms with van der Waals surface area (Å²) in [6.45, 7) is 8.93. The molecule has 39 heteroatoms. The number of hydrogen-bond donors (Lipinski definition) is 17. The number of ether oxygens (including phenoxy) is 1. The van der Waals surface area contributed by atoms with Crippen molar-refractivity contribution in [3.63, 3.8) is 0 Å². The molecule has 730 valence electrons. The first-order chi connectivity index (χ1) is 62.4. The molecule has 18 N–H and O–H groups in total. The Hall–Kier alpha value is -11.1. The number of ketones is 8. The third kappa shape index (κ3) is 41.4. The van der Waals surface area contributed by atoms with Crippen LogP contribution in [-0.2, 0) is 115 Å². The highest BCUT2D eigenvalue weighted by molar-refractivity contribution is 8.00. The maximum Gasteiger partial charge on any atom is 0.304 e. The Morgan fingerprint density at radius 1 is 0.470 bits per heavy atom. The Bertz CT molecular complexity index is 4380. The lowest BCUT2D eigenvalue weighted by Gasteiger charge is -2.28. The molecule has 1 aliphatic heterocycles. The maximum atomic E-state index is 14.9. The van der Waals surface area contributed by atoms with Gasteiger partial charge in [-0.15, -0.1) is 11.8 Å². The molecule has 17 atom stereocenters. The van der Waals surface area contributed by atoms with Crippen LogP contribution in [0.15, 0.2) is 78.9 Å². The number of unbranched alkanes of at least 4 members (excludes halogenated alkanes) is 1. The lowest BCUT2D eigenvalue weighted by atomic mass is 9.85. The number of benzene rings is 3. The summed E-state index contributed by atoms with van der Waals surface area (Å²) in [7, 11) is 1.51. The molecule has 0 radical (unpaired) electrons. The summed E-state index contributed by atoms with van der Waals surface area (Å²) < 4.78 is 5.24. The van der Waals surface area contributed by atoms with Gasteiger partial charge in [0.1, 0.15) is 29.1 Å². The predicted molar refractivity (Wildman–Crippen MR) is 480 cm³/mol. The summed E-state index contributed by atoms with van der Waals surface area (Å²) in [5.74, 6) is -29.9. The summed E-state index contributed by atoms with van der Waals surface area (Å²) in [6.07, 6.45) is -9.57. The molecule has 0 aliphatic carbocycles. The molecule has 3 aromatic carbocycles. The number of aliphatic hydroxyl groups is 4. The molecule has 1 aliphatic rings. The van der Waals surface area contributed by atoms with Crippen molar-refractivity contribution >= 4 is 123 Å². The highest BCUT2D eigenvalue weighted by Crippen LogP contribution is 2.27. The molecule has 4 rings (SSSR count). The number of rotatable bonds is 68. The molecule has 132 heavy (non-hydrogen) atoms. The fraction of sp³-hybridized carbons (Fsp3) is 0.602. The molecule has 0 aromatic heterocycles. The minimum Gasteiger partial charge on any atom is -0.508 e. The van der Waals surface area contributed by atoms with Gasteiger partial charge in [0, 0.05) is 95.9 Å². The Morgan fingerprint density at radius 3 is 1.46 bits per heavy atom. The zero-order chi connectivity index (χ0) is 98.6. The lowest BCUT2D eigenvalue weighted by molar-refractivity contribution is -0.143. The number of carbonyl (C=O) groups is 19. The number of nitrogens with zero attached hydrogens (tertiary/aromatic N) is 1. The van der Waals surface area contributed by atoms with Crippen molar-refractivity contribution in [3.05, 3.63) is 95.6 Å². The number of aromatic hydroxyl groups is 2. The average Bonchev–Trinajstić information content (AvgIpc) is 1.09. The second-order valence-electron chi connectivity index (χ2n) is 34.6. The number of likely N-dealkylation sites (tertiary alicyclic amines) is 1. The minimum atomic E-state index is -1.99. The number of nitrogens with two attached hydrogens (primary N) is 1. The van der Waals surface area contributed by atoms with Gasteiger partial charge in [0.2, 0.25) is 47.3 Å². The molecular formula is C93H133N9O29S. The van der Waals surface area contributed by atoms with E-state index in [2.05, 4.69) is 37.2 Å². The zero-order valence-corrected chi connectivity index (χ0v) is 77.1. The minimum absolute atomic E-state index is 0.0251. The van der Waals surface area contributed by atoms with Crippen LogP contribution in [0.1, 0.15) is 187 Å². The van der Waals surface area contributed by atoms with Gasteiger partial charge in [-0.3, -0.25) is 91.1 Å². The predicted octanol–water partition coefficient (Wildman–Crippen LogP) is 2.31. The zero-order valence-electron chi connectivity index (χ0n) is 76.2. The Balaban J connectivity index is 1.52. The van der Waals surface area contributed by atoms with Crippen molar-refractivity contribution < 1.29 is 142 Å². The van der Waals surface area contributed by atoms with Gasteiger partial charge in [0.05, 0.1) is 123 Å². The molecule has 1 fully saturated rings. The van der Waals surface area contributed by atoms with E-state index < -0.39 is 280 Å². The van der Waals surface area contributed by atoms with E-state index in [9.17, 15) is 137 Å². The molecule has 1 heterocycles. The normalized spacial score (nSPS) is 16.2. The van der Waals surface area contributed by atoms with Crippen molar-refractivity contribution in [2.45, 2.75) is 244 Å². The fourth-order valence-corrected chi connectivity index (χ4v) is 15.9. The van der Waals surface area contributed by atoms with Crippen LogP contribution < -0.4 is 43.0 Å². The highest BCUT2D eigenvalue weighted by atomic mass is 32.2. The number of methoxy groups -OCH3 is 1. The van der Waals surface area contributed by atoms with Crippen LogP contribution in [0.5, 0.6) is 11.5 Å². The molecule has 1 saturated heterocycles. The smallest absolute Gasteiger partial charge is 0.304 e. The summed E-state index contributed by atoms with van der Waals surface area (Å²) in [5.41, 5.74) is 6.77. The summed E-state index contributed by atoms with van der Waals surface area (Å²) in [6, 6.07) is 10.4. The average molecular weight is 1870 g/mol. The van der Waals surface area contributed by atoms with E-state index in [1.165, 1.54) is 55.6 Å². The van der Waals surface area contributed by atoms with Crippen molar-refractivity contribution in [1.82, 2.24) is 42.1 Å². The molecule has 8 amide bonds. The van der Waals surface area contributed by atoms with Gasteiger partial charge in [-0.1, -0.05) is 95.1 Å². The van der Waals surface area contributed by atoms with Crippen LogP contribution in [0.4, 0.5) is 0 Å². The third-order valence-corrected chi connectivity index (χ3v) is 24.2.